The van der Waals surface area contributed by atoms with Gasteiger partial charge >= 0.3 is 6.18 Å². The maximum atomic E-state index is 13.4. The van der Waals surface area contributed by atoms with E-state index in [-0.39, 0.29) is 23.9 Å². The number of aromatic nitrogens is 2. The van der Waals surface area contributed by atoms with Crippen LogP contribution in [0.1, 0.15) is 48.5 Å². The maximum absolute atomic E-state index is 13.4. The van der Waals surface area contributed by atoms with E-state index in [1.807, 2.05) is 13.0 Å². The summed E-state index contributed by atoms with van der Waals surface area (Å²) in [4.78, 5) is 10.2. The van der Waals surface area contributed by atoms with E-state index in [0.29, 0.717) is 19.1 Å². The Hall–Kier alpha value is -2.78. The van der Waals surface area contributed by atoms with Gasteiger partial charge in [-0.2, -0.15) is 13.2 Å². The van der Waals surface area contributed by atoms with Crippen LogP contribution in [0.4, 0.5) is 18.9 Å². The molecule has 0 spiro atoms. The molecular weight excluding hydrogens is 445 g/mol. The van der Waals surface area contributed by atoms with Crippen molar-refractivity contribution in [2.75, 3.05) is 31.6 Å². The van der Waals surface area contributed by atoms with E-state index in [2.05, 4.69) is 26.3 Å². The Kier molecular flexibility index (Phi) is 5.22. The highest BCUT2D eigenvalue weighted by atomic mass is 19.4. The number of fused-ring (bicyclic) bond motifs is 2. The fraction of sp³-hybridized carbons (Fsp3) is 0.480. The van der Waals surface area contributed by atoms with Gasteiger partial charge in [-0.05, 0) is 49.9 Å². The van der Waals surface area contributed by atoms with Crippen molar-refractivity contribution in [3.8, 4) is 5.75 Å². The van der Waals surface area contributed by atoms with Gasteiger partial charge in [-0.15, -0.1) is 0 Å². The number of benzene rings is 1. The zero-order valence-electron chi connectivity index (χ0n) is 18.9. The Morgan fingerprint density at radius 1 is 1.18 bits per heavy atom. The van der Waals surface area contributed by atoms with Crippen LogP contribution in [0.5, 0.6) is 5.75 Å². The summed E-state index contributed by atoms with van der Waals surface area (Å²) >= 11 is 0. The lowest BCUT2D eigenvalue weighted by Gasteiger charge is -2.44. The molecule has 1 aliphatic carbocycles. The largest absolute Gasteiger partial charge is 0.491 e. The molecular formula is C25H27F3N4O2. The summed E-state index contributed by atoms with van der Waals surface area (Å²) in [6, 6.07) is 7.60. The van der Waals surface area contributed by atoms with Crippen LogP contribution in [-0.4, -0.2) is 53.3 Å². The number of pyridine rings is 1. The molecule has 6 nitrogen and oxygen atoms in total. The van der Waals surface area contributed by atoms with Crippen LogP contribution < -0.4 is 10.1 Å². The number of rotatable bonds is 4. The van der Waals surface area contributed by atoms with E-state index in [4.69, 9.17) is 9.47 Å². The standard InChI is InChI=1S/C25H27F3N4O2/c1-14-12-32(8-9-33-14)21-13-34-22-10-16(25(26,27)28)4-5-17(22)23(21)30-19-6-7-29-24-18(19)11-20(31-24)15-2-3-15/h4-7,10-11,14-15,21,23H,2-3,8-9,12-13H2,1H3,(H2,29,30,31)/t14-,21+,23+/m1/s1. The van der Waals surface area contributed by atoms with Gasteiger partial charge in [0, 0.05) is 41.6 Å². The Morgan fingerprint density at radius 3 is 2.79 bits per heavy atom. The van der Waals surface area contributed by atoms with Crippen molar-refractivity contribution in [1.29, 1.82) is 0 Å². The molecule has 2 fully saturated rings. The van der Waals surface area contributed by atoms with Crippen LogP contribution in [0.2, 0.25) is 0 Å². The summed E-state index contributed by atoms with van der Waals surface area (Å²) in [6.45, 7) is 4.44. The Balaban J connectivity index is 1.39. The minimum absolute atomic E-state index is 0.0550. The van der Waals surface area contributed by atoms with Crippen LogP contribution in [0.3, 0.4) is 0 Å². The van der Waals surface area contributed by atoms with Crippen molar-refractivity contribution in [2.45, 2.75) is 50.0 Å². The minimum atomic E-state index is -4.42. The summed E-state index contributed by atoms with van der Waals surface area (Å²) in [5, 5.41) is 4.67. The topological polar surface area (TPSA) is 62.4 Å². The number of anilines is 1. The smallest absolute Gasteiger partial charge is 0.416 e. The molecule has 4 heterocycles. The zero-order valence-corrected chi connectivity index (χ0v) is 18.9. The quantitative estimate of drug-likeness (QED) is 0.554. The number of aromatic amines is 1. The third kappa shape index (κ3) is 4.01. The van der Waals surface area contributed by atoms with E-state index in [1.54, 1.807) is 12.3 Å². The van der Waals surface area contributed by atoms with E-state index in [9.17, 15) is 13.2 Å². The van der Waals surface area contributed by atoms with Gasteiger partial charge < -0.3 is 19.8 Å². The van der Waals surface area contributed by atoms with E-state index >= 15 is 0 Å². The molecule has 1 saturated carbocycles. The van der Waals surface area contributed by atoms with E-state index in [0.717, 1.165) is 47.5 Å². The first-order valence-electron chi connectivity index (χ1n) is 11.8. The highest BCUT2D eigenvalue weighted by molar-refractivity contribution is 5.90. The maximum Gasteiger partial charge on any atom is 0.416 e. The first kappa shape index (κ1) is 21.7. The average Bonchev–Trinajstić information content (AvgIpc) is 3.57. The van der Waals surface area contributed by atoms with E-state index in [1.165, 1.54) is 18.5 Å². The number of hydrogen-bond acceptors (Lipinski definition) is 5. The fourth-order valence-electron chi connectivity index (χ4n) is 5.16. The number of morpholine rings is 1. The number of nitrogens with one attached hydrogen (secondary N) is 2. The summed E-state index contributed by atoms with van der Waals surface area (Å²) < 4.78 is 51.7. The van der Waals surface area contributed by atoms with Gasteiger partial charge in [0.1, 0.15) is 18.0 Å². The second-order valence-corrected chi connectivity index (χ2v) is 9.55. The first-order valence-corrected chi connectivity index (χ1v) is 11.8. The number of H-pyrrole nitrogens is 1. The molecule has 0 bridgehead atoms. The third-order valence-electron chi connectivity index (χ3n) is 7.09. The van der Waals surface area contributed by atoms with Gasteiger partial charge in [0.2, 0.25) is 0 Å². The highest BCUT2D eigenvalue weighted by Gasteiger charge is 2.39. The minimum Gasteiger partial charge on any atom is -0.491 e. The molecule has 0 radical (unpaired) electrons. The average molecular weight is 473 g/mol. The lowest BCUT2D eigenvalue weighted by atomic mass is 9.92. The molecule has 2 aromatic heterocycles. The molecule has 180 valence electrons. The molecule has 1 aromatic carbocycles. The van der Waals surface area contributed by atoms with Gasteiger partial charge in [0.15, 0.2) is 0 Å². The van der Waals surface area contributed by atoms with Crippen LogP contribution in [0.15, 0.2) is 36.5 Å². The number of nitrogens with zero attached hydrogens (tertiary/aromatic N) is 2. The lowest BCUT2D eigenvalue weighted by molar-refractivity contribution is -0.137. The van der Waals surface area contributed by atoms with Crippen molar-refractivity contribution in [2.24, 2.45) is 0 Å². The summed E-state index contributed by atoms with van der Waals surface area (Å²) in [6.07, 6.45) is -0.207. The molecule has 3 atom stereocenters. The number of ether oxygens (including phenoxy) is 2. The fourth-order valence-corrected chi connectivity index (χ4v) is 5.16. The Morgan fingerprint density at radius 2 is 2.03 bits per heavy atom. The molecule has 2 aliphatic heterocycles. The second kappa shape index (κ2) is 8.16. The van der Waals surface area contributed by atoms with Crippen molar-refractivity contribution in [3.63, 3.8) is 0 Å². The molecule has 3 aliphatic rings. The summed E-state index contributed by atoms with van der Waals surface area (Å²) in [5.41, 5.74) is 2.96. The van der Waals surface area contributed by atoms with Gasteiger partial charge in [-0.25, -0.2) is 4.98 Å². The molecule has 1 saturated heterocycles. The van der Waals surface area contributed by atoms with Crippen molar-refractivity contribution in [1.82, 2.24) is 14.9 Å². The predicted octanol–water partition coefficient (Wildman–Crippen LogP) is 5.09. The summed E-state index contributed by atoms with van der Waals surface area (Å²) in [5.74, 6) is 0.845. The summed E-state index contributed by atoms with van der Waals surface area (Å²) in [7, 11) is 0. The molecule has 34 heavy (non-hydrogen) atoms. The van der Waals surface area contributed by atoms with Gasteiger partial charge in [0.05, 0.1) is 30.4 Å². The molecule has 9 heteroatoms. The first-order chi connectivity index (χ1) is 16.4. The second-order valence-electron chi connectivity index (χ2n) is 9.55. The van der Waals surface area contributed by atoms with Crippen molar-refractivity contribution in [3.05, 3.63) is 53.3 Å². The predicted molar refractivity (Wildman–Crippen MR) is 122 cm³/mol. The highest BCUT2D eigenvalue weighted by Crippen LogP contribution is 2.43. The Bertz CT molecular complexity index is 1210. The number of hydrogen-bond donors (Lipinski definition) is 2. The van der Waals surface area contributed by atoms with Gasteiger partial charge in [0.25, 0.3) is 0 Å². The van der Waals surface area contributed by atoms with Crippen molar-refractivity contribution >= 4 is 16.7 Å². The van der Waals surface area contributed by atoms with Crippen LogP contribution in [0, 0.1) is 0 Å². The number of halogens is 3. The monoisotopic (exact) mass is 472 g/mol. The SMILES string of the molecule is C[C@@H]1CN([C@H]2COc3cc(C(F)(F)F)ccc3[C@@H]2Nc2ccnc3[nH]c(C4CC4)cc23)CCO1. The van der Waals surface area contributed by atoms with Crippen molar-refractivity contribution < 1.29 is 22.6 Å². The molecule has 0 amide bonds. The van der Waals surface area contributed by atoms with Crippen LogP contribution in [0.25, 0.3) is 11.0 Å². The van der Waals surface area contributed by atoms with E-state index < -0.39 is 11.7 Å². The lowest BCUT2D eigenvalue weighted by Crippen LogP contribution is -2.54. The zero-order chi connectivity index (χ0) is 23.4. The molecule has 6 rings (SSSR count). The number of alkyl halides is 3. The third-order valence-corrected chi connectivity index (χ3v) is 7.09. The van der Waals surface area contributed by atoms with Gasteiger partial charge in [-0.3, -0.25) is 4.90 Å². The van der Waals surface area contributed by atoms with Crippen LogP contribution >= 0.6 is 0 Å². The molecule has 0 unspecified atom stereocenters. The van der Waals surface area contributed by atoms with Gasteiger partial charge in [-0.1, -0.05) is 6.07 Å². The van der Waals surface area contributed by atoms with Crippen LogP contribution in [-0.2, 0) is 10.9 Å². The normalized spacial score (nSPS) is 25.7. The molecule has 3 aromatic rings. The molecule has 2 N–H and O–H groups in total. The Labute approximate surface area is 195 Å².